The van der Waals surface area contributed by atoms with Gasteiger partial charge in [0.05, 0.1) is 0 Å². The zero-order chi connectivity index (χ0) is 17.1. The molecule has 1 saturated heterocycles. The Hall–Kier alpha value is -0.800. The maximum atomic E-state index is 12.3. The monoisotopic (exact) mass is 356 g/mol. The first-order valence-corrected chi connectivity index (χ1v) is 9.22. The molecule has 1 fully saturated rings. The molecule has 1 unspecified atom stereocenters. The van der Waals surface area contributed by atoms with Gasteiger partial charge in [-0.1, -0.05) is 0 Å². The number of rotatable bonds is 6. The van der Waals surface area contributed by atoms with Crippen molar-refractivity contribution >= 4 is 10.1 Å². The molecule has 0 aromatic carbocycles. The summed E-state index contributed by atoms with van der Waals surface area (Å²) >= 11 is 0. The van der Waals surface area contributed by atoms with E-state index in [1.165, 1.54) is 18.9 Å². The highest BCUT2D eigenvalue weighted by Gasteiger charge is 2.49. The molecule has 0 bridgehead atoms. The minimum absolute atomic E-state index is 0.105. The summed E-state index contributed by atoms with van der Waals surface area (Å²) in [5, 5.41) is 0. The first-order chi connectivity index (χ1) is 10.7. The third-order valence-corrected chi connectivity index (χ3v) is 5.43. The Morgan fingerprint density at radius 2 is 2.00 bits per heavy atom. The maximum absolute atomic E-state index is 12.3. The molecular formula is C14H23F3N2O3S. The lowest BCUT2D eigenvalue weighted by atomic mass is 9.99. The highest BCUT2D eigenvalue weighted by Crippen LogP contribution is 2.30. The van der Waals surface area contributed by atoms with Crippen LogP contribution in [0, 0.1) is 0 Å². The van der Waals surface area contributed by atoms with Gasteiger partial charge >= 0.3 is 15.6 Å². The third kappa shape index (κ3) is 5.09. The summed E-state index contributed by atoms with van der Waals surface area (Å²) in [6.45, 7) is 4.15. The summed E-state index contributed by atoms with van der Waals surface area (Å²) in [5.41, 5.74) is -5.38. The van der Waals surface area contributed by atoms with E-state index in [4.69, 9.17) is 0 Å². The van der Waals surface area contributed by atoms with Crippen LogP contribution in [-0.4, -0.2) is 63.0 Å². The minimum Gasteiger partial charge on any atom is -0.381 e. The van der Waals surface area contributed by atoms with E-state index in [1.54, 1.807) is 0 Å². The van der Waals surface area contributed by atoms with Crippen molar-refractivity contribution < 1.29 is 25.8 Å². The van der Waals surface area contributed by atoms with Crippen LogP contribution in [0.5, 0.6) is 0 Å². The van der Waals surface area contributed by atoms with Crippen molar-refractivity contribution in [2.75, 3.05) is 33.2 Å². The third-order valence-electron chi connectivity index (χ3n) is 4.43. The van der Waals surface area contributed by atoms with Crippen molar-refractivity contribution in [3.8, 4) is 0 Å². The molecule has 1 aliphatic carbocycles. The topological polar surface area (TPSA) is 49.9 Å². The largest absolute Gasteiger partial charge is 0.534 e. The van der Waals surface area contributed by atoms with Gasteiger partial charge < -0.3 is 14.0 Å². The number of likely N-dealkylation sites (tertiary alicyclic amines) is 1. The van der Waals surface area contributed by atoms with Crippen molar-refractivity contribution in [2.24, 2.45) is 0 Å². The summed E-state index contributed by atoms with van der Waals surface area (Å²) in [4.78, 5) is 4.59. The summed E-state index contributed by atoms with van der Waals surface area (Å²) < 4.78 is 63.0. The molecule has 9 heteroatoms. The standard InChI is InChI=1S/C14H23F3N2O3S/c1-18(10-11-19-8-2-3-9-19)12-4-6-13(7-5-12)22-23(20,21)14(15,16)17/h6,12H,2-5,7-11H2,1H3. The summed E-state index contributed by atoms with van der Waals surface area (Å²) in [6, 6.07) is 0.207. The fraction of sp³-hybridized carbons (Fsp3) is 0.857. The fourth-order valence-electron chi connectivity index (χ4n) is 2.95. The number of hydrogen-bond donors (Lipinski definition) is 0. The van der Waals surface area contributed by atoms with Crippen LogP contribution in [0.2, 0.25) is 0 Å². The van der Waals surface area contributed by atoms with Crippen molar-refractivity contribution in [3.05, 3.63) is 11.8 Å². The summed E-state index contributed by atoms with van der Waals surface area (Å²) in [5.74, 6) is -0.105. The molecule has 134 valence electrons. The SMILES string of the molecule is CN(CCN1CCCC1)C1CC=C(OS(=O)(=O)C(F)(F)F)CC1. The quantitative estimate of drug-likeness (QED) is 0.540. The van der Waals surface area contributed by atoms with Crippen LogP contribution in [0.15, 0.2) is 11.8 Å². The molecule has 1 heterocycles. The van der Waals surface area contributed by atoms with E-state index in [1.807, 2.05) is 7.05 Å². The van der Waals surface area contributed by atoms with Crippen LogP contribution in [0.25, 0.3) is 0 Å². The number of nitrogens with zero attached hydrogens (tertiary/aromatic N) is 2. The van der Waals surface area contributed by atoms with Gasteiger partial charge in [-0.25, -0.2) is 0 Å². The smallest absolute Gasteiger partial charge is 0.381 e. The number of allylic oxidation sites excluding steroid dienone is 1. The molecule has 0 amide bonds. The predicted octanol–water partition coefficient (Wildman–Crippen LogP) is 2.32. The van der Waals surface area contributed by atoms with E-state index in [0.29, 0.717) is 12.8 Å². The Morgan fingerprint density at radius 3 is 2.52 bits per heavy atom. The molecule has 2 rings (SSSR count). The second kappa shape index (κ2) is 7.40. The summed E-state index contributed by atoms with van der Waals surface area (Å²) in [7, 11) is -3.55. The van der Waals surface area contributed by atoms with Gasteiger partial charge in [0.15, 0.2) is 0 Å². The van der Waals surface area contributed by atoms with Gasteiger partial charge in [0.25, 0.3) is 0 Å². The van der Waals surface area contributed by atoms with Crippen LogP contribution in [0.4, 0.5) is 13.2 Å². The zero-order valence-electron chi connectivity index (χ0n) is 13.2. The van der Waals surface area contributed by atoms with Crippen LogP contribution in [0.1, 0.15) is 32.1 Å². The minimum atomic E-state index is -5.54. The highest BCUT2D eigenvalue weighted by molar-refractivity contribution is 7.87. The summed E-state index contributed by atoms with van der Waals surface area (Å²) in [6.07, 6.45) is 5.24. The molecule has 0 N–H and O–H groups in total. The van der Waals surface area contributed by atoms with Gasteiger partial charge in [-0.2, -0.15) is 21.6 Å². The molecule has 0 radical (unpaired) electrons. The van der Waals surface area contributed by atoms with E-state index in [0.717, 1.165) is 26.2 Å². The van der Waals surface area contributed by atoms with Crippen molar-refractivity contribution in [3.63, 3.8) is 0 Å². The predicted molar refractivity (Wildman–Crippen MR) is 80.1 cm³/mol. The van der Waals surface area contributed by atoms with Gasteiger partial charge in [-0.3, -0.25) is 0 Å². The normalized spacial score (nSPS) is 24.0. The van der Waals surface area contributed by atoms with Crippen LogP contribution in [0.3, 0.4) is 0 Å². The molecule has 0 saturated carbocycles. The van der Waals surface area contributed by atoms with Gasteiger partial charge in [-0.05, 0) is 51.9 Å². The maximum Gasteiger partial charge on any atom is 0.534 e. The molecule has 5 nitrogen and oxygen atoms in total. The molecule has 1 aliphatic heterocycles. The van der Waals surface area contributed by atoms with Crippen LogP contribution < -0.4 is 0 Å². The highest BCUT2D eigenvalue weighted by atomic mass is 32.2. The van der Waals surface area contributed by atoms with Crippen molar-refractivity contribution in [2.45, 2.75) is 43.7 Å². The van der Waals surface area contributed by atoms with Crippen LogP contribution in [-0.2, 0) is 14.3 Å². The fourth-order valence-corrected chi connectivity index (χ4v) is 3.48. The molecular weight excluding hydrogens is 333 g/mol. The Bertz CT molecular complexity index is 528. The molecule has 2 aliphatic rings. The van der Waals surface area contributed by atoms with E-state index < -0.39 is 15.6 Å². The number of halogens is 3. The number of alkyl halides is 3. The molecule has 0 spiro atoms. The van der Waals surface area contributed by atoms with Gasteiger partial charge in [0, 0.05) is 25.6 Å². The first kappa shape index (κ1) is 18.5. The Morgan fingerprint density at radius 1 is 1.35 bits per heavy atom. The Balaban J connectivity index is 1.80. The number of likely N-dealkylation sites (N-methyl/N-ethyl adjacent to an activating group) is 1. The second-order valence-electron chi connectivity index (χ2n) is 6.11. The van der Waals surface area contributed by atoms with E-state index in [9.17, 15) is 21.6 Å². The lowest BCUT2D eigenvalue weighted by molar-refractivity contribution is -0.0524. The van der Waals surface area contributed by atoms with Gasteiger partial charge in [0.1, 0.15) is 5.76 Å². The molecule has 1 atom stereocenters. The average Bonchev–Trinajstić information content (AvgIpc) is 2.97. The van der Waals surface area contributed by atoms with E-state index in [-0.39, 0.29) is 18.2 Å². The molecule has 23 heavy (non-hydrogen) atoms. The molecule has 0 aromatic rings. The van der Waals surface area contributed by atoms with E-state index >= 15 is 0 Å². The van der Waals surface area contributed by atoms with E-state index in [2.05, 4.69) is 14.0 Å². The second-order valence-corrected chi connectivity index (χ2v) is 7.65. The van der Waals surface area contributed by atoms with Gasteiger partial charge in [-0.15, -0.1) is 0 Å². The average molecular weight is 356 g/mol. The first-order valence-electron chi connectivity index (χ1n) is 7.81. The van der Waals surface area contributed by atoms with Crippen molar-refractivity contribution in [1.29, 1.82) is 0 Å². The lowest BCUT2D eigenvalue weighted by Gasteiger charge is -2.31. The lowest BCUT2D eigenvalue weighted by Crippen LogP contribution is -2.39. The van der Waals surface area contributed by atoms with Crippen LogP contribution >= 0.6 is 0 Å². The Labute approximate surface area is 135 Å². The molecule has 0 aromatic heterocycles. The van der Waals surface area contributed by atoms with Crippen molar-refractivity contribution in [1.82, 2.24) is 9.80 Å². The zero-order valence-corrected chi connectivity index (χ0v) is 14.0. The Kier molecular flexibility index (Phi) is 5.96. The van der Waals surface area contributed by atoms with Gasteiger partial charge in [0.2, 0.25) is 0 Å². The number of hydrogen-bond acceptors (Lipinski definition) is 5.